The minimum Gasteiger partial charge on any atom is -0.330 e. The lowest BCUT2D eigenvalue weighted by Crippen LogP contribution is -2.06. The van der Waals surface area contributed by atoms with Crippen LogP contribution in [0.25, 0.3) is 5.78 Å². The topological polar surface area (TPSA) is 61.1 Å². The van der Waals surface area contributed by atoms with E-state index in [-0.39, 0.29) is 0 Å². The van der Waals surface area contributed by atoms with Crippen molar-refractivity contribution in [3.8, 4) is 0 Å². The molecule has 2 aromatic heterocycles. The van der Waals surface area contributed by atoms with Gasteiger partial charge in [0.25, 0.3) is 0 Å². The Labute approximate surface area is 111 Å². The maximum atomic E-state index is 6.30. The van der Waals surface area contributed by atoms with Gasteiger partial charge in [0.15, 0.2) is 5.15 Å². The molecule has 2 N–H and O–H groups in total. The van der Waals surface area contributed by atoms with Crippen molar-refractivity contribution < 1.29 is 0 Å². The van der Waals surface area contributed by atoms with Gasteiger partial charge in [0, 0.05) is 19.4 Å². The van der Waals surface area contributed by atoms with Crippen LogP contribution in [-0.2, 0) is 13.5 Å². The Morgan fingerprint density at radius 2 is 2.11 bits per heavy atom. The Balaban J connectivity index is 2.06. The van der Waals surface area contributed by atoms with E-state index in [0.717, 1.165) is 17.3 Å². The summed E-state index contributed by atoms with van der Waals surface area (Å²) in [7, 11) is 2.02. The Bertz CT molecular complexity index is 565. The molecule has 5 nitrogen and oxygen atoms in total. The molecule has 1 fully saturated rings. The highest BCUT2D eigenvalue weighted by atomic mass is 35.5. The van der Waals surface area contributed by atoms with Crippen LogP contribution in [0.3, 0.4) is 0 Å². The largest absolute Gasteiger partial charge is 0.330 e. The summed E-state index contributed by atoms with van der Waals surface area (Å²) in [6.07, 6.45) is 5.74. The first-order valence-corrected chi connectivity index (χ1v) is 6.90. The summed E-state index contributed by atoms with van der Waals surface area (Å²) in [6, 6.07) is 0. The molecule has 2 heterocycles. The van der Waals surface area contributed by atoms with Crippen molar-refractivity contribution >= 4 is 17.4 Å². The molecule has 0 atom stereocenters. The number of imidazole rings is 1. The minimum atomic E-state index is 0.555. The molecule has 0 bridgehead atoms. The van der Waals surface area contributed by atoms with E-state index >= 15 is 0 Å². The number of fused-ring (bicyclic) bond motifs is 1. The molecule has 0 amide bonds. The standard InChI is InChI=1S/C12H18ClN5/c1-17-11(8-4-2-3-5-8)16-18-10(13)9(6-7-14)15-12(17)18/h8H,2-7,14H2,1H3. The highest BCUT2D eigenvalue weighted by Crippen LogP contribution is 2.34. The molecule has 3 rings (SSSR count). The number of hydrogen-bond donors (Lipinski definition) is 1. The Kier molecular flexibility index (Phi) is 3.03. The second kappa shape index (κ2) is 4.55. The fourth-order valence-corrected chi connectivity index (χ4v) is 3.09. The molecule has 1 saturated carbocycles. The summed E-state index contributed by atoms with van der Waals surface area (Å²) in [6.45, 7) is 0.555. The molecule has 0 aliphatic heterocycles. The van der Waals surface area contributed by atoms with Gasteiger partial charge in [0.2, 0.25) is 5.78 Å². The maximum absolute atomic E-state index is 6.30. The van der Waals surface area contributed by atoms with Gasteiger partial charge in [-0.3, -0.25) is 4.57 Å². The molecular weight excluding hydrogens is 250 g/mol. The van der Waals surface area contributed by atoms with Crippen LogP contribution < -0.4 is 5.73 Å². The van der Waals surface area contributed by atoms with Crippen LogP contribution >= 0.6 is 11.6 Å². The second-order valence-corrected chi connectivity index (χ2v) is 5.36. The van der Waals surface area contributed by atoms with E-state index in [9.17, 15) is 0 Å². The lowest BCUT2D eigenvalue weighted by Gasteiger charge is -2.07. The lowest BCUT2D eigenvalue weighted by atomic mass is 10.1. The zero-order chi connectivity index (χ0) is 12.7. The average Bonchev–Trinajstić information content (AvgIpc) is 3.02. The second-order valence-electron chi connectivity index (χ2n) is 5.00. The van der Waals surface area contributed by atoms with Crippen molar-refractivity contribution in [2.75, 3.05) is 6.54 Å². The number of hydrogen-bond acceptors (Lipinski definition) is 3. The number of nitrogens with two attached hydrogens (primary N) is 1. The molecule has 18 heavy (non-hydrogen) atoms. The van der Waals surface area contributed by atoms with Crippen LogP contribution in [0, 0.1) is 0 Å². The summed E-state index contributed by atoms with van der Waals surface area (Å²) in [4.78, 5) is 4.55. The first kappa shape index (κ1) is 12.0. The monoisotopic (exact) mass is 267 g/mol. The summed E-state index contributed by atoms with van der Waals surface area (Å²) in [5.74, 6) is 2.49. The van der Waals surface area contributed by atoms with Crippen LogP contribution in [0.15, 0.2) is 0 Å². The SMILES string of the molecule is Cn1c(C2CCCC2)nn2c(Cl)c(CCN)nc12. The van der Waals surface area contributed by atoms with Crippen LogP contribution in [0.5, 0.6) is 0 Å². The molecule has 0 saturated heterocycles. The predicted molar refractivity (Wildman–Crippen MR) is 70.9 cm³/mol. The zero-order valence-electron chi connectivity index (χ0n) is 10.6. The fraction of sp³-hybridized carbons (Fsp3) is 0.667. The Hall–Kier alpha value is -1.07. The third-order valence-electron chi connectivity index (χ3n) is 3.80. The van der Waals surface area contributed by atoms with E-state index in [0.29, 0.717) is 24.0 Å². The van der Waals surface area contributed by atoms with Gasteiger partial charge >= 0.3 is 0 Å². The number of aromatic nitrogens is 4. The molecule has 98 valence electrons. The van der Waals surface area contributed by atoms with E-state index < -0.39 is 0 Å². The summed E-state index contributed by atoms with van der Waals surface area (Å²) < 4.78 is 3.82. The fourth-order valence-electron chi connectivity index (χ4n) is 2.84. The summed E-state index contributed by atoms with van der Waals surface area (Å²) in [5.41, 5.74) is 6.40. The van der Waals surface area contributed by atoms with Gasteiger partial charge in [-0.25, -0.2) is 4.98 Å². The average molecular weight is 268 g/mol. The summed E-state index contributed by atoms with van der Waals surface area (Å²) >= 11 is 6.30. The number of rotatable bonds is 3. The Morgan fingerprint density at radius 3 is 2.72 bits per heavy atom. The van der Waals surface area contributed by atoms with E-state index in [1.165, 1.54) is 25.7 Å². The predicted octanol–water partition coefficient (Wildman–Crippen LogP) is 1.88. The van der Waals surface area contributed by atoms with Gasteiger partial charge < -0.3 is 5.73 Å². The Morgan fingerprint density at radius 1 is 1.39 bits per heavy atom. The molecule has 1 aliphatic rings. The van der Waals surface area contributed by atoms with Crippen molar-refractivity contribution in [2.24, 2.45) is 12.8 Å². The van der Waals surface area contributed by atoms with E-state index in [1.54, 1.807) is 4.52 Å². The first-order valence-electron chi connectivity index (χ1n) is 6.52. The van der Waals surface area contributed by atoms with Gasteiger partial charge in [0.1, 0.15) is 5.82 Å². The molecule has 1 aliphatic carbocycles. The van der Waals surface area contributed by atoms with Crippen LogP contribution in [0.1, 0.15) is 43.1 Å². The van der Waals surface area contributed by atoms with E-state index in [2.05, 4.69) is 14.6 Å². The van der Waals surface area contributed by atoms with E-state index in [4.69, 9.17) is 17.3 Å². The molecule has 6 heteroatoms. The molecular formula is C12H18ClN5. The maximum Gasteiger partial charge on any atom is 0.233 e. The summed E-state index contributed by atoms with van der Waals surface area (Å²) in [5, 5.41) is 5.25. The zero-order valence-corrected chi connectivity index (χ0v) is 11.3. The van der Waals surface area contributed by atoms with Gasteiger partial charge in [-0.15, -0.1) is 0 Å². The highest BCUT2D eigenvalue weighted by Gasteiger charge is 2.25. The third kappa shape index (κ3) is 1.73. The molecule has 0 aromatic carbocycles. The molecule has 2 aromatic rings. The van der Waals surface area contributed by atoms with Crippen molar-refractivity contribution in [1.29, 1.82) is 0 Å². The third-order valence-corrected chi connectivity index (χ3v) is 4.17. The number of aryl methyl sites for hydroxylation is 1. The van der Waals surface area contributed by atoms with Gasteiger partial charge in [0.05, 0.1) is 5.69 Å². The van der Waals surface area contributed by atoms with Crippen molar-refractivity contribution in [1.82, 2.24) is 19.2 Å². The van der Waals surface area contributed by atoms with Crippen molar-refractivity contribution in [2.45, 2.75) is 38.0 Å². The molecule has 0 spiro atoms. The van der Waals surface area contributed by atoms with Gasteiger partial charge in [-0.05, 0) is 19.4 Å². The molecule has 0 radical (unpaired) electrons. The van der Waals surface area contributed by atoms with Crippen molar-refractivity contribution in [3.63, 3.8) is 0 Å². The van der Waals surface area contributed by atoms with Crippen LogP contribution in [0.4, 0.5) is 0 Å². The number of nitrogens with zero attached hydrogens (tertiary/aromatic N) is 4. The van der Waals surface area contributed by atoms with Crippen LogP contribution in [0.2, 0.25) is 5.15 Å². The molecule has 0 unspecified atom stereocenters. The van der Waals surface area contributed by atoms with Crippen LogP contribution in [-0.4, -0.2) is 25.7 Å². The van der Waals surface area contributed by atoms with E-state index in [1.807, 2.05) is 7.05 Å². The normalized spacial score (nSPS) is 17.1. The lowest BCUT2D eigenvalue weighted by molar-refractivity contribution is 0.628. The van der Waals surface area contributed by atoms with Gasteiger partial charge in [-0.1, -0.05) is 24.4 Å². The van der Waals surface area contributed by atoms with Crippen molar-refractivity contribution in [3.05, 3.63) is 16.7 Å². The quantitative estimate of drug-likeness (QED) is 0.924. The highest BCUT2D eigenvalue weighted by molar-refractivity contribution is 6.30. The number of halogens is 1. The smallest absolute Gasteiger partial charge is 0.233 e. The first-order chi connectivity index (χ1) is 8.72. The van der Waals surface area contributed by atoms with Gasteiger partial charge in [-0.2, -0.15) is 9.61 Å². The minimum absolute atomic E-state index is 0.555.